The molecule has 0 heterocycles. The number of para-hydroxylation sites is 1. The second-order valence-electron chi connectivity index (χ2n) is 4.76. The van der Waals surface area contributed by atoms with Gasteiger partial charge in [0, 0.05) is 11.6 Å². The third kappa shape index (κ3) is 4.85. The van der Waals surface area contributed by atoms with Crippen LogP contribution in [0.25, 0.3) is 0 Å². The fourth-order valence-electron chi connectivity index (χ4n) is 2.10. The molecule has 0 aliphatic carbocycles. The third-order valence-electron chi connectivity index (χ3n) is 3.14. The summed E-state index contributed by atoms with van der Waals surface area (Å²) in [5.41, 5.74) is 0.944. The number of hydrogen-bond donors (Lipinski definition) is 1. The average molecular weight is 374 g/mol. The molecule has 0 aromatic heterocycles. The van der Waals surface area contributed by atoms with Crippen LogP contribution in [0.2, 0.25) is 10.0 Å². The van der Waals surface area contributed by atoms with Crippen LogP contribution in [-0.2, 0) is 16.4 Å². The van der Waals surface area contributed by atoms with Crippen molar-refractivity contribution >= 4 is 33.2 Å². The Morgan fingerprint density at radius 2 is 1.87 bits per heavy atom. The highest BCUT2D eigenvalue weighted by Gasteiger charge is 2.17. The summed E-state index contributed by atoms with van der Waals surface area (Å²) in [6.07, 6.45) is 0.514. The molecule has 0 aliphatic heterocycles. The Kier molecular flexibility index (Phi) is 6.30. The van der Waals surface area contributed by atoms with E-state index in [2.05, 4.69) is 4.72 Å². The van der Waals surface area contributed by atoms with Gasteiger partial charge in [0.05, 0.1) is 11.6 Å². The van der Waals surface area contributed by atoms with Gasteiger partial charge in [-0.05, 0) is 43.2 Å². The van der Waals surface area contributed by atoms with Crippen LogP contribution in [0.3, 0.4) is 0 Å². The molecule has 2 aromatic rings. The molecule has 0 bridgehead atoms. The highest BCUT2D eigenvalue weighted by Crippen LogP contribution is 2.25. The van der Waals surface area contributed by atoms with Crippen molar-refractivity contribution in [2.75, 3.05) is 13.2 Å². The Labute approximate surface area is 146 Å². The lowest BCUT2D eigenvalue weighted by Crippen LogP contribution is -2.26. The number of ether oxygens (including phenoxy) is 1. The standard InChI is InChI=1S/C16H17Cl2NO3S/c1-2-22-15-6-4-3-5-12(15)9-10-19-23(20,21)16-8-7-13(17)11-14(16)18/h3-8,11,19H,2,9-10H2,1H3. The van der Waals surface area contributed by atoms with Crippen LogP contribution in [0.4, 0.5) is 0 Å². The van der Waals surface area contributed by atoms with Crippen LogP contribution in [0.5, 0.6) is 5.75 Å². The monoisotopic (exact) mass is 373 g/mol. The van der Waals surface area contributed by atoms with Gasteiger partial charge in [-0.25, -0.2) is 13.1 Å². The van der Waals surface area contributed by atoms with Crippen LogP contribution in [0.15, 0.2) is 47.4 Å². The van der Waals surface area contributed by atoms with E-state index in [1.54, 1.807) is 0 Å². The molecular formula is C16H17Cl2NO3S. The smallest absolute Gasteiger partial charge is 0.242 e. The fourth-order valence-corrected chi connectivity index (χ4v) is 3.90. The molecule has 0 saturated heterocycles. The van der Waals surface area contributed by atoms with Gasteiger partial charge in [-0.3, -0.25) is 0 Å². The number of rotatable bonds is 7. The van der Waals surface area contributed by atoms with E-state index < -0.39 is 10.0 Å². The highest BCUT2D eigenvalue weighted by molar-refractivity contribution is 7.89. The van der Waals surface area contributed by atoms with Gasteiger partial charge in [-0.1, -0.05) is 41.4 Å². The third-order valence-corrected chi connectivity index (χ3v) is 5.32. The lowest BCUT2D eigenvalue weighted by molar-refractivity contribution is 0.336. The summed E-state index contributed by atoms with van der Waals surface area (Å²) in [6.45, 7) is 2.70. The SMILES string of the molecule is CCOc1ccccc1CCNS(=O)(=O)c1ccc(Cl)cc1Cl. The van der Waals surface area contributed by atoms with Crippen molar-refractivity contribution in [2.45, 2.75) is 18.2 Å². The molecule has 4 nitrogen and oxygen atoms in total. The Hall–Kier alpha value is -1.27. The quantitative estimate of drug-likeness (QED) is 0.800. The zero-order valence-corrected chi connectivity index (χ0v) is 14.9. The molecule has 124 valence electrons. The zero-order chi connectivity index (χ0) is 16.9. The number of sulfonamides is 1. The highest BCUT2D eigenvalue weighted by atomic mass is 35.5. The molecule has 0 amide bonds. The number of benzene rings is 2. The summed E-state index contributed by atoms with van der Waals surface area (Å²) in [6, 6.07) is 11.8. The van der Waals surface area contributed by atoms with Crippen molar-refractivity contribution in [1.29, 1.82) is 0 Å². The van der Waals surface area contributed by atoms with Gasteiger partial charge in [-0.2, -0.15) is 0 Å². The number of nitrogens with one attached hydrogen (secondary N) is 1. The fraction of sp³-hybridized carbons (Fsp3) is 0.250. The summed E-state index contributed by atoms with van der Waals surface area (Å²) in [7, 11) is -3.68. The van der Waals surface area contributed by atoms with Gasteiger partial charge < -0.3 is 4.74 Å². The van der Waals surface area contributed by atoms with Crippen LogP contribution in [0.1, 0.15) is 12.5 Å². The summed E-state index contributed by atoms with van der Waals surface area (Å²) in [4.78, 5) is 0.0154. The van der Waals surface area contributed by atoms with Crippen LogP contribution in [-0.4, -0.2) is 21.6 Å². The molecule has 0 radical (unpaired) electrons. The molecule has 0 unspecified atom stereocenters. The van der Waals surface area contributed by atoms with E-state index in [1.165, 1.54) is 18.2 Å². The maximum Gasteiger partial charge on any atom is 0.242 e. The van der Waals surface area contributed by atoms with Gasteiger partial charge in [0.2, 0.25) is 10.0 Å². The van der Waals surface area contributed by atoms with Gasteiger partial charge in [0.25, 0.3) is 0 Å². The first-order valence-electron chi connectivity index (χ1n) is 7.09. The lowest BCUT2D eigenvalue weighted by Gasteiger charge is -2.11. The summed E-state index contributed by atoms with van der Waals surface area (Å²) < 4.78 is 32.7. The van der Waals surface area contributed by atoms with Gasteiger partial charge in [0.1, 0.15) is 10.6 Å². The predicted molar refractivity (Wildman–Crippen MR) is 93.0 cm³/mol. The van der Waals surface area contributed by atoms with Crippen molar-refractivity contribution in [3.63, 3.8) is 0 Å². The van der Waals surface area contributed by atoms with E-state index in [4.69, 9.17) is 27.9 Å². The van der Waals surface area contributed by atoms with Gasteiger partial charge >= 0.3 is 0 Å². The van der Waals surface area contributed by atoms with Crippen molar-refractivity contribution < 1.29 is 13.2 Å². The predicted octanol–water partition coefficient (Wildman–Crippen LogP) is 3.91. The molecule has 23 heavy (non-hydrogen) atoms. The second kappa shape index (κ2) is 8.02. The molecule has 0 aliphatic rings. The summed E-state index contributed by atoms with van der Waals surface area (Å²) in [5.74, 6) is 0.763. The van der Waals surface area contributed by atoms with Crippen LogP contribution >= 0.6 is 23.2 Å². The Balaban J connectivity index is 2.06. The molecular weight excluding hydrogens is 357 g/mol. The minimum absolute atomic E-state index is 0.0154. The number of hydrogen-bond acceptors (Lipinski definition) is 3. The molecule has 0 atom stereocenters. The molecule has 0 saturated carbocycles. The van der Waals surface area contributed by atoms with E-state index in [1.807, 2.05) is 31.2 Å². The van der Waals surface area contributed by atoms with Gasteiger partial charge in [-0.15, -0.1) is 0 Å². The molecule has 0 fully saturated rings. The maximum absolute atomic E-state index is 12.3. The normalized spacial score (nSPS) is 11.4. The lowest BCUT2D eigenvalue weighted by atomic mass is 10.1. The van der Waals surface area contributed by atoms with E-state index in [-0.39, 0.29) is 16.5 Å². The van der Waals surface area contributed by atoms with Crippen molar-refractivity contribution in [1.82, 2.24) is 4.72 Å². The largest absolute Gasteiger partial charge is 0.494 e. The van der Waals surface area contributed by atoms with Crippen molar-refractivity contribution in [2.24, 2.45) is 0 Å². The van der Waals surface area contributed by atoms with Crippen molar-refractivity contribution in [3.05, 3.63) is 58.1 Å². The Bertz CT molecular complexity index is 779. The van der Waals surface area contributed by atoms with E-state index >= 15 is 0 Å². The molecule has 2 rings (SSSR count). The van der Waals surface area contributed by atoms with E-state index in [0.29, 0.717) is 18.1 Å². The number of halogens is 2. The van der Waals surface area contributed by atoms with Gasteiger partial charge in [0.15, 0.2) is 0 Å². The van der Waals surface area contributed by atoms with Crippen LogP contribution in [0, 0.1) is 0 Å². The molecule has 1 N–H and O–H groups in total. The summed E-state index contributed by atoms with van der Waals surface area (Å²) >= 11 is 11.7. The summed E-state index contributed by atoms with van der Waals surface area (Å²) in [5, 5.41) is 0.485. The average Bonchev–Trinajstić information content (AvgIpc) is 2.48. The Morgan fingerprint density at radius 1 is 1.13 bits per heavy atom. The Morgan fingerprint density at radius 3 is 2.57 bits per heavy atom. The topological polar surface area (TPSA) is 55.4 Å². The van der Waals surface area contributed by atoms with E-state index in [0.717, 1.165) is 11.3 Å². The first-order valence-corrected chi connectivity index (χ1v) is 9.33. The molecule has 0 spiro atoms. The van der Waals surface area contributed by atoms with Crippen molar-refractivity contribution in [3.8, 4) is 5.75 Å². The molecule has 2 aromatic carbocycles. The first-order chi connectivity index (χ1) is 10.9. The second-order valence-corrected chi connectivity index (χ2v) is 7.34. The molecule has 7 heteroatoms. The van der Waals surface area contributed by atoms with Crippen LogP contribution < -0.4 is 9.46 Å². The maximum atomic E-state index is 12.3. The van der Waals surface area contributed by atoms with E-state index in [9.17, 15) is 8.42 Å². The minimum atomic E-state index is -3.68. The minimum Gasteiger partial charge on any atom is -0.494 e. The first kappa shape index (κ1) is 18.1. The zero-order valence-electron chi connectivity index (χ0n) is 12.6.